The summed E-state index contributed by atoms with van der Waals surface area (Å²) in [6.07, 6.45) is -3.68. The molecule has 7 heteroatoms. The third-order valence-corrected chi connectivity index (χ3v) is 3.52. The summed E-state index contributed by atoms with van der Waals surface area (Å²) in [6, 6.07) is 4.12. The lowest BCUT2D eigenvalue weighted by molar-refractivity contribution is -0.137. The molecule has 0 unspecified atom stereocenters. The van der Waals surface area contributed by atoms with Gasteiger partial charge < -0.3 is 10.4 Å². The van der Waals surface area contributed by atoms with Crippen LogP contribution in [-0.2, 0) is 6.18 Å². The molecule has 1 aromatic rings. The van der Waals surface area contributed by atoms with E-state index in [1.54, 1.807) is 11.8 Å². The number of rotatable bonds is 7. The lowest BCUT2D eigenvalue weighted by atomic mass is 10.1. The van der Waals surface area contributed by atoms with Gasteiger partial charge in [0.05, 0.1) is 5.56 Å². The molecule has 0 bridgehead atoms. The first-order valence-electron chi connectivity index (χ1n) is 6.09. The number of alkyl halides is 3. The molecule has 0 aliphatic heterocycles. The standard InChI is InChI=1S/C13H16F3NO2S/c14-13(15,16)11-4-2-10(3-5-11)12(19)17-6-9-20-8-1-7-18/h2-5,18H,1,6-9H2,(H,17,19). The van der Waals surface area contributed by atoms with Gasteiger partial charge in [0.1, 0.15) is 0 Å². The molecule has 0 aromatic heterocycles. The molecule has 0 aliphatic rings. The summed E-state index contributed by atoms with van der Waals surface area (Å²) in [5.74, 6) is 1.13. The monoisotopic (exact) mass is 307 g/mol. The molecule has 1 amide bonds. The molecule has 0 fully saturated rings. The highest BCUT2D eigenvalue weighted by Gasteiger charge is 2.30. The van der Waals surface area contributed by atoms with E-state index in [1.807, 2.05) is 0 Å². The van der Waals surface area contributed by atoms with E-state index < -0.39 is 11.7 Å². The maximum Gasteiger partial charge on any atom is 0.416 e. The lowest BCUT2D eigenvalue weighted by Crippen LogP contribution is -2.25. The fraction of sp³-hybridized carbons (Fsp3) is 0.462. The highest BCUT2D eigenvalue weighted by molar-refractivity contribution is 7.99. The molecule has 0 spiro atoms. The smallest absolute Gasteiger partial charge is 0.396 e. The molecule has 0 saturated carbocycles. The van der Waals surface area contributed by atoms with Crippen LogP contribution >= 0.6 is 11.8 Å². The number of hydrogen-bond donors (Lipinski definition) is 2. The number of carbonyl (C=O) groups excluding carboxylic acids is 1. The molecule has 3 nitrogen and oxygen atoms in total. The molecule has 20 heavy (non-hydrogen) atoms. The van der Waals surface area contributed by atoms with Crippen molar-refractivity contribution in [2.45, 2.75) is 12.6 Å². The number of benzene rings is 1. The minimum Gasteiger partial charge on any atom is -0.396 e. The van der Waals surface area contributed by atoms with E-state index in [9.17, 15) is 18.0 Å². The number of aliphatic hydroxyl groups is 1. The van der Waals surface area contributed by atoms with Crippen LogP contribution in [-0.4, -0.2) is 35.7 Å². The van der Waals surface area contributed by atoms with Crippen LogP contribution in [0.5, 0.6) is 0 Å². The number of thioether (sulfide) groups is 1. The Morgan fingerprint density at radius 3 is 2.40 bits per heavy atom. The minimum absolute atomic E-state index is 0.144. The molecule has 0 radical (unpaired) electrons. The zero-order valence-electron chi connectivity index (χ0n) is 10.7. The van der Waals surface area contributed by atoms with Crippen molar-refractivity contribution >= 4 is 17.7 Å². The van der Waals surface area contributed by atoms with Gasteiger partial charge in [-0.1, -0.05) is 0 Å². The van der Waals surface area contributed by atoms with Crippen LogP contribution in [0.4, 0.5) is 13.2 Å². The molecular weight excluding hydrogens is 291 g/mol. The van der Waals surface area contributed by atoms with Gasteiger partial charge in [0.25, 0.3) is 5.91 Å². The van der Waals surface area contributed by atoms with Crippen LogP contribution in [0.25, 0.3) is 0 Å². The number of halogens is 3. The minimum atomic E-state index is -4.39. The Hall–Kier alpha value is -1.21. The molecule has 1 aromatic carbocycles. The number of carbonyl (C=O) groups is 1. The van der Waals surface area contributed by atoms with Crippen molar-refractivity contribution < 1.29 is 23.1 Å². The quantitative estimate of drug-likeness (QED) is 0.761. The van der Waals surface area contributed by atoms with E-state index >= 15 is 0 Å². The first-order chi connectivity index (χ1) is 9.45. The van der Waals surface area contributed by atoms with E-state index in [0.717, 1.165) is 30.0 Å². The fourth-order valence-electron chi connectivity index (χ4n) is 1.42. The van der Waals surface area contributed by atoms with Gasteiger partial charge in [-0.25, -0.2) is 0 Å². The van der Waals surface area contributed by atoms with Crippen molar-refractivity contribution in [3.8, 4) is 0 Å². The first-order valence-corrected chi connectivity index (χ1v) is 7.24. The van der Waals surface area contributed by atoms with Crippen LogP contribution in [0.2, 0.25) is 0 Å². The molecular formula is C13H16F3NO2S. The van der Waals surface area contributed by atoms with Crippen LogP contribution < -0.4 is 5.32 Å². The normalized spacial score (nSPS) is 11.4. The van der Waals surface area contributed by atoms with Crippen molar-refractivity contribution in [3.05, 3.63) is 35.4 Å². The Morgan fingerprint density at radius 1 is 1.20 bits per heavy atom. The van der Waals surface area contributed by atoms with E-state index in [-0.39, 0.29) is 18.1 Å². The number of nitrogens with one attached hydrogen (secondary N) is 1. The highest BCUT2D eigenvalue weighted by atomic mass is 32.2. The Kier molecular flexibility index (Phi) is 6.87. The molecule has 0 aliphatic carbocycles. The van der Waals surface area contributed by atoms with Crippen molar-refractivity contribution in [2.75, 3.05) is 24.7 Å². The molecule has 112 valence electrons. The van der Waals surface area contributed by atoms with E-state index in [4.69, 9.17) is 5.11 Å². The second-order valence-electron chi connectivity index (χ2n) is 4.02. The summed E-state index contributed by atoms with van der Waals surface area (Å²) in [5, 5.41) is 11.2. The summed E-state index contributed by atoms with van der Waals surface area (Å²) in [4.78, 5) is 11.7. The summed E-state index contributed by atoms with van der Waals surface area (Å²) in [6.45, 7) is 0.584. The average molecular weight is 307 g/mol. The van der Waals surface area contributed by atoms with Gasteiger partial charge in [-0.2, -0.15) is 24.9 Å². The molecule has 0 atom stereocenters. The number of aliphatic hydroxyl groups excluding tert-OH is 1. The predicted molar refractivity (Wildman–Crippen MR) is 72.8 cm³/mol. The zero-order chi connectivity index (χ0) is 15.0. The molecule has 0 saturated heterocycles. The van der Waals surface area contributed by atoms with Gasteiger partial charge in [-0.05, 0) is 36.4 Å². The maximum absolute atomic E-state index is 12.3. The third kappa shape index (κ3) is 5.83. The highest BCUT2D eigenvalue weighted by Crippen LogP contribution is 2.28. The summed E-state index contributed by atoms with van der Waals surface area (Å²) < 4.78 is 37.0. The number of amides is 1. The summed E-state index contributed by atoms with van der Waals surface area (Å²) in [7, 11) is 0. The van der Waals surface area contributed by atoms with E-state index in [2.05, 4.69) is 5.32 Å². The van der Waals surface area contributed by atoms with Gasteiger partial charge in [-0.3, -0.25) is 4.79 Å². The number of hydrogen-bond acceptors (Lipinski definition) is 3. The van der Waals surface area contributed by atoms with E-state index in [0.29, 0.717) is 18.7 Å². The zero-order valence-corrected chi connectivity index (χ0v) is 11.6. The van der Waals surface area contributed by atoms with Crippen molar-refractivity contribution in [1.82, 2.24) is 5.32 Å². The van der Waals surface area contributed by atoms with Gasteiger partial charge >= 0.3 is 6.18 Å². The second-order valence-corrected chi connectivity index (χ2v) is 5.25. The third-order valence-electron chi connectivity index (χ3n) is 2.45. The first kappa shape index (κ1) is 16.8. The predicted octanol–water partition coefficient (Wildman–Crippen LogP) is 2.55. The Morgan fingerprint density at radius 2 is 1.85 bits per heavy atom. The van der Waals surface area contributed by atoms with E-state index in [1.165, 1.54) is 0 Å². The Labute approximate surface area is 119 Å². The summed E-state index contributed by atoms with van der Waals surface area (Å²) >= 11 is 1.60. The van der Waals surface area contributed by atoms with Crippen molar-refractivity contribution in [2.24, 2.45) is 0 Å². The Balaban J connectivity index is 2.37. The fourth-order valence-corrected chi connectivity index (χ4v) is 2.20. The van der Waals surface area contributed by atoms with Crippen molar-refractivity contribution in [1.29, 1.82) is 0 Å². The maximum atomic E-state index is 12.3. The van der Waals surface area contributed by atoms with Crippen LogP contribution in [0.3, 0.4) is 0 Å². The Bertz CT molecular complexity index is 421. The largest absolute Gasteiger partial charge is 0.416 e. The average Bonchev–Trinajstić information content (AvgIpc) is 2.41. The SMILES string of the molecule is O=C(NCCSCCCO)c1ccc(C(F)(F)F)cc1. The van der Waals surface area contributed by atoms with Crippen molar-refractivity contribution in [3.63, 3.8) is 0 Å². The lowest BCUT2D eigenvalue weighted by Gasteiger charge is -2.08. The van der Waals surface area contributed by atoms with Crippen LogP contribution in [0.15, 0.2) is 24.3 Å². The van der Waals surface area contributed by atoms with Crippen LogP contribution in [0.1, 0.15) is 22.3 Å². The van der Waals surface area contributed by atoms with Gasteiger partial charge in [0, 0.05) is 24.5 Å². The van der Waals surface area contributed by atoms with Gasteiger partial charge in [0.15, 0.2) is 0 Å². The van der Waals surface area contributed by atoms with Gasteiger partial charge in [-0.15, -0.1) is 0 Å². The van der Waals surface area contributed by atoms with Gasteiger partial charge in [0.2, 0.25) is 0 Å². The second kappa shape index (κ2) is 8.16. The topological polar surface area (TPSA) is 49.3 Å². The van der Waals surface area contributed by atoms with Crippen LogP contribution in [0, 0.1) is 0 Å². The summed E-state index contributed by atoms with van der Waals surface area (Å²) in [5.41, 5.74) is -0.563. The molecule has 1 rings (SSSR count). The molecule has 0 heterocycles. The molecule has 2 N–H and O–H groups in total.